The summed E-state index contributed by atoms with van der Waals surface area (Å²) in [5.41, 5.74) is -1.60. The minimum Gasteiger partial charge on any atom is -0.350 e. The second-order valence-corrected chi connectivity index (χ2v) is 12.7. The van der Waals surface area contributed by atoms with Crippen molar-refractivity contribution in [3.8, 4) is 0 Å². The molecule has 0 heterocycles. The highest BCUT2D eigenvalue weighted by atomic mass is 79.9. The molecular weight excluding hydrogens is 599 g/mol. The molecule has 1 N–H and O–H groups in total. The summed E-state index contributed by atoms with van der Waals surface area (Å²) in [6, 6.07) is 8.12. The molecule has 0 aliphatic heterocycles. The molecule has 0 saturated carbocycles. The first-order valence-electron chi connectivity index (χ1n) is 11.0. The molecule has 37 heavy (non-hydrogen) atoms. The number of carbonyl (C=O) groups is 2. The van der Waals surface area contributed by atoms with Crippen LogP contribution in [0.3, 0.4) is 0 Å². The third-order valence-corrected chi connectivity index (χ3v) is 7.07. The number of nitrogens with one attached hydrogen (secondary N) is 1. The molecular formula is C24H28BrClF3N3O4S. The van der Waals surface area contributed by atoms with E-state index in [1.807, 2.05) is 0 Å². The number of anilines is 1. The number of alkyl halides is 3. The number of sulfonamides is 1. The van der Waals surface area contributed by atoms with E-state index in [0.717, 1.165) is 16.8 Å². The fraction of sp³-hybridized carbons (Fsp3) is 0.417. The van der Waals surface area contributed by atoms with Crippen molar-refractivity contribution in [3.05, 3.63) is 63.1 Å². The molecule has 0 aliphatic rings. The van der Waals surface area contributed by atoms with E-state index in [1.165, 1.54) is 11.8 Å². The Hall–Kier alpha value is -2.31. The Morgan fingerprint density at radius 2 is 1.73 bits per heavy atom. The summed E-state index contributed by atoms with van der Waals surface area (Å²) >= 11 is 9.42. The molecule has 1 atom stereocenters. The Morgan fingerprint density at radius 3 is 2.24 bits per heavy atom. The predicted molar refractivity (Wildman–Crippen MR) is 141 cm³/mol. The van der Waals surface area contributed by atoms with Gasteiger partial charge in [-0.15, -0.1) is 0 Å². The normalized spacial score (nSPS) is 13.1. The molecule has 7 nitrogen and oxygen atoms in total. The molecule has 2 aromatic rings. The van der Waals surface area contributed by atoms with Crippen molar-refractivity contribution in [1.82, 2.24) is 10.2 Å². The molecule has 204 valence electrons. The van der Waals surface area contributed by atoms with Gasteiger partial charge in [0.2, 0.25) is 21.8 Å². The van der Waals surface area contributed by atoms with Crippen LogP contribution in [0.2, 0.25) is 5.02 Å². The molecule has 0 fully saturated rings. The Kier molecular flexibility index (Phi) is 9.70. The molecule has 13 heteroatoms. The summed E-state index contributed by atoms with van der Waals surface area (Å²) in [5, 5.41) is 2.49. The zero-order valence-corrected chi connectivity index (χ0v) is 24.0. The Labute approximate surface area is 228 Å². The van der Waals surface area contributed by atoms with Crippen molar-refractivity contribution in [2.24, 2.45) is 0 Å². The second kappa shape index (κ2) is 11.6. The molecule has 2 amide bonds. The van der Waals surface area contributed by atoms with E-state index in [9.17, 15) is 31.2 Å². The molecule has 2 rings (SSSR count). The van der Waals surface area contributed by atoms with E-state index in [-0.39, 0.29) is 11.6 Å². The average molecular weight is 627 g/mol. The standard InChI is InChI=1S/C24H28BrClF3N3O4S/c1-15(22(34)30-23(2,3)4)31(13-16-7-6-8-18(25)11-16)21(33)14-32(37(5,35)36)20-12-17(24(27,28)29)9-10-19(20)26/h6-12,15H,13-14H2,1-5H3,(H,30,34). The van der Waals surface area contributed by atoms with Crippen molar-refractivity contribution >= 4 is 55.1 Å². The van der Waals surface area contributed by atoms with Gasteiger partial charge in [-0.05, 0) is 63.6 Å². The van der Waals surface area contributed by atoms with Crippen molar-refractivity contribution in [1.29, 1.82) is 0 Å². The molecule has 0 radical (unpaired) electrons. The van der Waals surface area contributed by atoms with E-state index in [2.05, 4.69) is 21.2 Å². The number of hydrogen-bond donors (Lipinski definition) is 1. The third-order valence-electron chi connectivity index (χ3n) is 5.13. The molecule has 0 bridgehead atoms. The summed E-state index contributed by atoms with van der Waals surface area (Å²) in [5.74, 6) is -1.30. The number of amides is 2. The van der Waals surface area contributed by atoms with E-state index in [0.29, 0.717) is 22.0 Å². The smallest absolute Gasteiger partial charge is 0.350 e. The van der Waals surface area contributed by atoms with Gasteiger partial charge in [0.1, 0.15) is 12.6 Å². The summed E-state index contributed by atoms with van der Waals surface area (Å²) in [4.78, 5) is 27.6. The summed E-state index contributed by atoms with van der Waals surface area (Å²) < 4.78 is 66.4. The quantitative estimate of drug-likeness (QED) is 0.436. The highest BCUT2D eigenvalue weighted by Gasteiger charge is 2.35. The summed E-state index contributed by atoms with van der Waals surface area (Å²) in [6.45, 7) is 5.84. The zero-order chi connectivity index (χ0) is 28.3. The number of benzene rings is 2. The lowest BCUT2D eigenvalue weighted by Gasteiger charge is -2.33. The van der Waals surface area contributed by atoms with Crippen molar-refractivity contribution < 1.29 is 31.2 Å². The number of hydrogen-bond acceptors (Lipinski definition) is 4. The SMILES string of the molecule is CC(C(=O)NC(C)(C)C)N(Cc1cccc(Br)c1)C(=O)CN(c1cc(C(F)(F)F)ccc1Cl)S(C)(=O)=O. The molecule has 2 aromatic carbocycles. The van der Waals surface area contributed by atoms with Crippen LogP contribution in [-0.4, -0.2) is 49.5 Å². The van der Waals surface area contributed by atoms with Crippen LogP contribution in [0, 0.1) is 0 Å². The van der Waals surface area contributed by atoms with Gasteiger partial charge in [0.15, 0.2) is 0 Å². The maximum atomic E-state index is 13.5. The summed E-state index contributed by atoms with van der Waals surface area (Å²) in [6.07, 6.45) is -4.01. The maximum Gasteiger partial charge on any atom is 0.416 e. The van der Waals surface area contributed by atoms with Crippen LogP contribution in [0.1, 0.15) is 38.8 Å². The first kappa shape index (κ1) is 30.9. The predicted octanol–water partition coefficient (Wildman–Crippen LogP) is 5.22. The van der Waals surface area contributed by atoms with Crippen molar-refractivity contribution in [3.63, 3.8) is 0 Å². The molecule has 0 spiro atoms. The lowest BCUT2D eigenvalue weighted by Crippen LogP contribution is -2.54. The highest BCUT2D eigenvalue weighted by molar-refractivity contribution is 9.10. The molecule has 1 unspecified atom stereocenters. The van der Waals surface area contributed by atoms with Crippen LogP contribution in [0.25, 0.3) is 0 Å². The van der Waals surface area contributed by atoms with Gasteiger partial charge in [0, 0.05) is 16.6 Å². The first-order valence-corrected chi connectivity index (χ1v) is 14.0. The lowest BCUT2D eigenvalue weighted by atomic mass is 10.1. The van der Waals surface area contributed by atoms with Crippen LogP contribution in [0.15, 0.2) is 46.9 Å². The topological polar surface area (TPSA) is 86.8 Å². The van der Waals surface area contributed by atoms with Gasteiger partial charge in [-0.2, -0.15) is 13.2 Å². The van der Waals surface area contributed by atoms with Crippen LogP contribution in [0.5, 0.6) is 0 Å². The fourth-order valence-corrected chi connectivity index (χ4v) is 4.93. The number of halogens is 5. The lowest BCUT2D eigenvalue weighted by molar-refractivity contribution is -0.140. The number of carbonyl (C=O) groups excluding carboxylic acids is 2. The molecule has 0 aromatic heterocycles. The van der Waals surface area contributed by atoms with Crippen LogP contribution in [0.4, 0.5) is 18.9 Å². The average Bonchev–Trinajstić information content (AvgIpc) is 2.73. The number of rotatable bonds is 8. The van der Waals surface area contributed by atoms with Gasteiger partial charge in [0.05, 0.1) is 22.5 Å². The van der Waals surface area contributed by atoms with Gasteiger partial charge in [-0.1, -0.05) is 39.7 Å². The molecule has 0 saturated heterocycles. The van der Waals surface area contributed by atoms with Gasteiger partial charge in [0.25, 0.3) is 0 Å². The van der Waals surface area contributed by atoms with E-state index >= 15 is 0 Å². The van der Waals surface area contributed by atoms with Gasteiger partial charge >= 0.3 is 6.18 Å². The zero-order valence-electron chi connectivity index (χ0n) is 20.9. The number of nitrogens with zero attached hydrogens (tertiary/aromatic N) is 2. The fourth-order valence-electron chi connectivity index (χ4n) is 3.36. The summed E-state index contributed by atoms with van der Waals surface area (Å²) in [7, 11) is -4.26. The minimum atomic E-state index is -4.77. The van der Waals surface area contributed by atoms with Crippen molar-refractivity contribution in [2.75, 3.05) is 17.1 Å². The first-order chi connectivity index (χ1) is 16.8. The van der Waals surface area contributed by atoms with E-state index in [4.69, 9.17) is 11.6 Å². The monoisotopic (exact) mass is 625 g/mol. The third kappa shape index (κ3) is 8.89. The van der Waals surface area contributed by atoms with Gasteiger partial charge in [-0.3, -0.25) is 13.9 Å². The van der Waals surface area contributed by atoms with Crippen LogP contribution in [-0.2, 0) is 32.3 Å². The van der Waals surface area contributed by atoms with Crippen molar-refractivity contribution in [2.45, 2.75) is 52.0 Å². The Balaban J connectivity index is 2.52. The second-order valence-electron chi connectivity index (χ2n) is 9.50. The van der Waals surface area contributed by atoms with E-state index in [1.54, 1.807) is 45.0 Å². The van der Waals surface area contributed by atoms with Crippen LogP contribution < -0.4 is 9.62 Å². The highest BCUT2D eigenvalue weighted by Crippen LogP contribution is 2.36. The van der Waals surface area contributed by atoms with Gasteiger partial charge in [-0.25, -0.2) is 8.42 Å². The molecule has 0 aliphatic carbocycles. The minimum absolute atomic E-state index is 0.0646. The van der Waals surface area contributed by atoms with Gasteiger partial charge < -0.3 is 10.2 Å². The van der Waals surface area contributed by atoms with E-state index < -0.39 is 57.4 Å². The largest absolute Gasteiger partial charge is 0.416 e. The van der Waals surface area contributed by atoms with Crippen LogP contribution >= 0.6 is 27.5 Å². The Bertz CT molecular complexity index is 1270. The Morgan fingerprint density at radius 1 is 1.11 bits per heavy atom. The maximum absolute atomic E-state index is 13.5.